The Kier molecular flexibility index (Phi) is 2.45. The Hall–Kier alpha value is -2.17. The van der Waals surface area contributed by atoms with Crippen molar-refractivity contribution < 1.29 is 0 Å². The van der Waals surface area contributed by atoms with E-state index >= 15 is 0 Å². The van der Waals surface area contributed by atoms with Crippen LogP contribution in [0.3, 0.4) is 0 Å². The van der Waals surface area contributed by atoms with Crippen LogP contribution in [0, 0.1) is 0 Å². The summed E-state index contributed by atoms with van der Waals surface area (Å²) in [5.74, 6) is 0.449. The molecule has 5 heteroatoms. The summed E-state index contributed by atoms with van der Waals surface area (Å²) in [6.45, 7) is 0.458. The van der Waals surface area contributed by atoms with Crippen molar-refractivity contribution in [3.63, 3.8) is 0 Å². The van der Waals surface area contributed by atoms with E-state index in [0.717, 1.165) is 5.56 Å². The van der Waals surface area contributed by atoms with Crippen LogP contribution in [0.1, 0.15) is 5.56 Å². The SMILES string of the molecule is Nc1cc(Cn2cccnc2=O)ccn1. The van der Waals surface area contributed by atoms with Gasteiger partial charge in [-0.05, 0) is 23.8 Å². The Bertz CT molecular complexity index is 521. The van der Waals surface area contributed by atoms with Gasteiger partial charge in [-0.1, -0.05) is 0 Å². The third kappa shape index (κ3) is 2.19. The van der Waals surface area contributed by atoms with Gasteiger partial charge in [-0.2, -0.15) is 0 Å². The van der Waals surface area contributed by atoms with Crippen LogP contribution < -0.4 is 11.4 Å². The molecule has 0 radical (unpaired) electrons. The largest absolute Gasteiger partial charge is 0.384 e. The first-order valence-electron chi connectivity index (χ1n) is 4.47. The van der Waals surface area contributed by atoms with Crippen molar-refractivity contribution in [1.82, 2.24) is 14.5 Å². The molecule has 0 aliphatic rings. The molecule has 0 fully saturated rings. The fraction of sp³-hybridized carbons (Fsp3) is 0.100. The van der Waals surface area contributed by atoms with E-state index in [-0.39, 0.29) is 5.69 Å². The van der Waals surface area contributed by atoms with Crippen molar-refractivity contribution in [1.29, 1.82) is 0 Å². The molecule has 0 aromatic carbocycles. The van der Waals surface area contributed by atoms with E-state index in [2.05, 4.69) is 9.97 Å². The third-order valence-electron chi connectivity index (χ3n) is 1.98. The predicted molar refractivity (Wildman–Crippen MR) is 56.2 cm³/mol. The van der Waals surface area contributed by atoms with Gasteiger partial charge in [0.15, 0.2) is 0 Å². The molecule has 0 atom stereocenters. The van der Waals surface area contributed by atoms with Crippen LogP contribution in [0.15, 0.2) is 41.6 Å². The number of anilines is 1. The molecule has 76 valence electrons. The van der Waals surface area contributed by atoms with Gasteiger partial charge in [-0.3, -0.25) is 4.57 Å². The van der Waals surface area contributed by atoms with Crippen LogP contribution in [0.4, 0.5) is 5.82 Å². The summed E-state index contributed by atoms with van der Waals surface area (Å²) < 4.78 is 1.51. The van der Waals surface area contributed by atoms with Crippen LogP contribution >= 0.6 is 0 Å². The molecule has 0 spiro atoms. The van der Waals surface area contributed by atoms with E-state index < -0.39 is 0 Å². The first-order chi connectivity index (χ1) is 7.25. The van der Waals surface area contributed by atoms with E-state index in [1.807, 2.05) is 6.07 Å². The van der Waals surface area contributed by atoms with Gasteiger partial charge < -0.3 is 5.73 Å². The molecule has 0 saturated heterocycles. The molecule has 15 heavy (non-hydrogen) atoms. The molecular weight excluding hydrogens is 192 g/mol. The van der Waals surface area contributed by atoms with Gasteiger partial charge in [0.25, 0.3) is 0 Å². The van der Waals surface area contributed by atoms with E-state index in [1.54, 1.807) is 24.5 Å². The van der Waals surface area contributed by atoms with E-state index in [1.165, 1.54) is 10.8 Å². The number of nitrogens with zero attached hydrogens (tertiary/aromatic N) is 3. The van der Waals surface area contributed by atoms with Crippen LogP contribution in [-0.4, -0.2) is 14.5 Å². The van der Waals surface area contributed by atoms with Crippen LogP contribution in [0.5, 0.6) is 0 Å². The van der Waals surface area contributed by atoms with Crippen LogP contribution in [0.2, 0.25) is 0 Å². The molecule has 2 N–H and O–H groups in total. The maximum atomic E-state index is 11.3. The Morgan fingerprint density at radius 1 is 1.33 bits per heavy atom. The van der Waals surface area contributed by atoms with Crippen molar-refractivity contribution in [2.45, 2.75) is 6.54 Å². The van der Waals surface area contributed by atoms with Crippen LogP contribution in [-0.2, 0) is 6.54 Å². The molecule has 5 nitrogen and oxygen atoms in total. The van der Waals surface area contributed by atoms with Crippen molar-refractivity contribution in [3.8, 4) is 0 Å². The third-order valence-corrected chi connectivity index (χ3v) is 1.98. The fourth-order valence-electron chi connectivity index (χ4n) is 1.30. The normalized spacial score (nSPS) is 10.1. The Morgan fingerprint density at radius 3 is 2.93 bits per heavy atom. The number of hydrogen-bond acceptors (Lipinski definition) is 4. The summed E-state index contributed by atoms with van der Waals surface area (Å²) in [6.07, 6.45) is 4.78. The predicted octanol–water partition coefficient (Wildman–Crippen LogP) is 0.269. The second kappa shape index (κ2) is 3.91. The number of nitrogen functional groups attached to an aromatic ring is 1. The molecule has 2 aromatic heterocycles. The average Bonchev–Trinajstić information content (AvgIpc) is 2.22. The van der Waals surface area contributed by atoms with Crippen molar-refractivity contribution >= 4 is 5.82 Å². The molecular formula is C10H10N4O. The van der Waals surface area contributed by atoms with Crippen LogP contribution in [0.25, 0.3) is 0 Å². The van der Waals surface area contributed by atoms with E-state index in [9.17, 15) is 4.79 Å². The highest BCUT2D eigenvalue weighted by Crippen LogP contribution is 2.03. The van der Waals surface area contributed by atoms with Gasteiger partial charge in [0, 0.05) is 18.6 Å². The molecule has 0 saturated carbocycles. The first-order valence-corrected chi connectivity index (χ1v) is 4.47. The number of pyridine rings is 1. The zero-order valence-corrected chi connectivity index (χ0v) is 8.00. The minimum absolute atomic E-state index is 0.270. The monoisotopic (exact) mass is 202 g/mol. The molecule has 0 amide bonds. The van der Waals surface area contributed by atoms with E-state index in [4.69, 9.17) is 5.73 Å². The molecule has 0 aliphatic carbocycles. The number of aromatic nitrogens is 3. The second-order valence-corrected chi connectivity index (χ2v) is 3.12. The maximum absolute atomic E-state index is 11.3. The number of rotatable bonds is 2. The van der Waals surface area contributed by atoms with Gasteiger partial charge in [0.2, 0.25) is 0 Å². The van der Waals surface area contributed by atoms with Crippen molar-refractivity contribution in [2.24, 2.45) is 0 Å². The number of nitrogens with two attached hydrogens (primary N) is 1. The lowest BCUT2D eigenvalue weighted by Gasteiger charge is -2.04. The minimum Gasteiger partial charge on any atom is -0.384 e. The maximum Gasteiger partial charge on any atom is 0.347 e. The lowest BCUT2D eigenvalue weighted by molar-refractivity contribution is 0.726. The highest BCUT2D eigenvalue weighted by molar-refractivity contribution is 5.31. The lowest BCUT2D eigenvalue weighted by Crippen LogP contribution is -2.21. The summed E-state index contributed by atoms with van der Waals surface area (Å²) >= 11 is 0. The van der Waals surface area contributed by atoms with Crippen molar-refractivity contribution in [2.75, 3.05) is 5.73 Å². The lowest BCUT2D eigenvalue weighted by atomic mass is 10.2. The first kappa shape index (κ1) is 9.39. The quantitative estimate of drug-likeness (QED) is 0.758. The second-order valence-electron chi connectivity index (χ2n) is 3.12. The summed E-state index contributed by atoms with van der Waals surface area (Å²) in [7, 11) is 0. The molecule has 2 heterocycles. The van der Waals surface area contributed by atoms with Gasteiger partial charge >= 0.3 is 5.69 Å². The summed E-state index contributed by atoms with van der Waals surface area (Å²) in [5, 5.41) is 0. The highest BCUT2D eigenvalue weighted by atomic mass is 16.1. The molecule has 0 unspecified atom stereocenters. The zero-order valence-electron chi connectivity index (χ0n) is 8.00. The average molecular weight is 202 g/mol. The van der Waals surface area contributed by atoms with Gasteiger partial charge in [0.1, 0.15) is 5.82 Å². The van der Waals surface area contributed by atoms with Gasteiger partial charge in [-0.25, -0.2) is 14.8 Å². The summed E-state index contributed by atoms with van der Waals surface area (Å²) in [5.41, 5.74) is 6.19. The standard InChI is InChI=1S/C10H10N4O/c11-9-6-8(2-4-12-9)7-14-5-1-3-13-10(14)15/h1-6H,7H2,(H2,11,12). The molecule has 2 rings (SSSR count). The smallest absolute Gasteiger partial charge is 0.347 e. The van der Waals surface area contributed by atoms with Crippen molar-refractivity contribution in [3.05, 3.63) is 52.8 Å². The minimum atomic E-state index is -0.270. The molecule has 2 aromatic rings. The molecule has 0 aliphatic heterocycles. The molecule has 0 bridgehead atoms. The Labute approximate surface area is 86.2 Å². The number of hydrogen-bond donors (Lipinski definition) is 1. The van der Waals surface area contributed by atoms with E-state index in [0.29, 0.717) is 12.4 Å². The van der Waals surface area contributed by atoms with Gasteiger partial charge in [0.05, 0.1) is 6.54 Å². The Morgan fingerprint density at radius 2 is 2.20 bits per heavy atom. The fourth-order valence-corrected chi connectivity index (χ4v) is 1.30. The topological polar surface area (TPSA) is 73.8 Å². The summed E-state index contributed by atoms with van der Waals surface area (Å²) in [6, 6.07) is 5.27. The zero-order chi connectivity index (χ0) is 10.7. The Balaban J connectivity index is 2.30. The summed E-state index contributed by atoms with van der Waals surface area (Å²) in [4.78, 5) is 18.9. The highest BCUT2D eigenvalue weighted by Gasteiger charge is 1.98. The van der Waals surface area contributed by atoms with Gasteiger partial charge in [-0.15, -0.1) is 0 Å².